The molecule has 0 aliphatic carbocycles. The predicted octanol–water partition coefficient (Wildman–Crippen LogP) is 0.584. The van der Waals surface area contributed by atoms with Crippen molar-refractivity contribution in [3.05, 3.63) is 35.9 Å². The minimum atomic E-state index is -1.17. The van der Waals surface area contributed by atoms with Gasteiger partial charge in [-0.05, 0) is 39.8 Å². The molecule has 11 nitrogen and oxygen atoms in total. The van der Waals surface area contributed by atoms with Gasteiger partial charge < -0.3 is 48.5 Å². The number of ether oxygens (including phenoxy) is 7. The molecule has 198 valence electrons. The molecule has 0 aromatic heterocycles. The maximum absolute atomic E-state index is 11.9. The topological polar surface area (TPSA) is 142 Å². The number of rotatable bonds is 6. The summed E-state index contributed by atoms with van der Waals surface area (Å²) in [7, 11) is 2.92. The summed E-state index contributed by atoms with van der Waals surface area (Å²) in [5.74, 6) is -1.15. The summed E-state index contributed by atoms with van der Waals surface area (Å²) in [6, 6.07) is 8.52. The lowest BCUT2D eigenvalue weighted by atomic mass is 10.1. The zero-order valence-corrected chi connectivity index (χ0v) is 20.8. The van der Waals surface area contributed by atoms with Gasteiger partial charge >= 0.3 is 5.97 Å². The first-order valence-corrected chi connectivity index (χ1v) is 11.5. The Balaban J connectivity index is 0.000000203. The molecule has 3 aliphatic rings. The summed E-state index contributed by atoms with van der Waals surface area (Å²) >= 11 is 0. The first-order valence-electron chi connectivity index (χ1n) is 11.5. The SMILES string of the molecule is COC1O[C@H](C(C)O)[C@H]2OC(C)(C)O[C@@H]12.COC1O[C@H](C(C)OC(=O)c2ccccc2)[C@@H](O)[C@H]1O. The molecule has 1 aromatic carbocycles. The Labute approximate surface area is 204 Å². The first-order chi connectivity index (χ1) is 16.5. The third kappa shape index (κ3) is 6.37. The van der Waals surface area contributed by atoms with Crippen LogP contribution in [0.25, 0.3) is 0 Å². The van der Waals surface area contributed by atoms with Gasteiger partial charge in [-0.1, -0.05) is 18.2 Å². The molecule has 3 saturated heterocycles. The van der Waals surface area contributed by atoms with Gasteiger partial charge in [0, 0.05) is 14.2 Å². The van der Waals surface area contributed by atoms with E-state index in [1.54, 1.807) is 51.3 Å². The van der Waals surface area contributed by atoms with Crippen molar-refractivity contribution < 1.29 is 53.3 Å². The standard InChI is InChI=1S/C14H18O6.C10H18O5/c1-8(12-10(15)11(16)14(18-2)20-12)19-13(17)9-6-4-3-5-7-9;1-5(11)6-7-8(9(12-4)13-6)15-10(2,3)14-7/h3-8,10-12,14-16H,1-2H3;5-9,11H,1-4H3/t8?,10-,11+,12+,14?;5?,6-,7-,8-,9?/m01/s1. The number of esters is 1. The lowest BCUT2D eigenvalue weighted by Gasteiger charge is -2.24. The smallest absolute Gasteiger partial charge is 0.338 e. The molecular formula is C24H36O11. The van der Waals surface area contributed by atoms with E-state index in [0.717, 1.165) is 0 Å². The Hall–Kier alpha value is -1.67. The molecule has 0 radical (unpaired) electrons. The highest BCUT2D eigenvalue weighted by Gasteiger charge is 2.56. The van der Waals surface area contributed by atoms with Crippen LogP contribution >= 0.6 is 0 Å². The van der Waals surface area contributed by atoms with Crippen molar-refractivity contribution in [3.8, 4) is 0 Å². The quantitative estimate of drug-likeness (QED) is 0.472. The van der Waals surface area contributed by atoms with Crippen molar-refractivity contribution in [2.45, 2.75) is 94.9 Å². The molecule has 4 rings (SSSR count). The Morgan fingerprint density at radius 3 is 2.03 bits per heavy atom. The van der Waals surface area contributed by atoms with Gasteiger partial charge in [-0.15, -0.1) is 0 Å². The Morgan fingerprint density at radius 1 is 0.914 bits per heavy atom. The molecule has 11 heteroatoms. The summed E-state index contributed by atoms with van der Waals surface area (Å²) in [5.41, 5.74) is 0.413. The van der Waals surface area contributed by atoms with E-state index in [1.165, 1.54) is 7.11 Å². The summed E-state index contributed by atoms with van der Waals surface area (Å²) in [6.07, 6.45) is -6.77. The van der Waals surface area contributed by atoms with Gasteiger partial charge in [-0.2, -0.15) is 0 Å². The van der Waals surface area contributed by atoms with Gasteiger partial charge in [0.1, 0.15) is 42.7 Å². The maximum Gasteiger partial charge on any atom is 0.338 e. The third-order valence-corrected chi connectivity index (χ3v) is 6.01. The number of carbonyl (C=O) groups is 1. The van der Waals surface area contributed by atoms with Crippen LogP contribution in [-0.4, -0.2) is 103 Å². The van der Waals surface area contributed by atoms with Crippen molar-refractivity contribution in [3.63, 3.8) is 0 Å². The van der Waals surface area contributed by atoms with Crippen LogP contribution in [0.3, 0.4) is 0 Å². The van der Waals surface area contributed by atoms with E-state index >= 15 is 0 Å². The molecular weight excluding hydrogens is 464 g/mol. The minimum absolute atomic E-state index is 0.259. The molecule has 35 heavy (non-hydrogen) atoms. The molecule has 0 bridgehead atoms. The lowest BCUT2D eigenvalue weighted by molar-refractivity contribution is -0.235. The molecule has 3 N–H and O–H groups in total. The number of fused-ring (bicyclic) bond motifs is 1. The van der Waals surface area contributed by atoms with Crippen molar-refractivity contribution >= 4 is 5.97 Å². The van der Waals surface area contributed by atoms with Crippen LogP contribution in [0.4, 0.5) is 0 Å². The third-order valence-electron chi connectivity index (χ3n) is 6.01. The number of hydrogen-bond acceptors (Lipinski definition) is 11. The zero-order valence-electron chi connectivity index (χ0n) is 20.8. The van der Waals surface area contributed by atoms with E-state index in [1.807, 2.05) is 13.8 Å². The van der Waals surface area contributed by atoms with Gasteiger partial charge in [-0.25, -0.2) is 4.79 Å². The Kier molecular flexibility index (Phi) is 9.24. The fourth-order valence-electron chi connectivity index (χ4n) is 4.30. The second-order valence-corrected chi connectivity index (χ2v) is 9.17. The van der Waals surface area contributed by atoms with Gasteiger partial charge in [0.15, 0.2) is 18.4 Å². The largest absolute Gasteiger partial charge is 0.456 e. The molecule has 1 aromatic rings. The highest BCUT2D eigenvalue weighted by Crippen LogP contribution is 2.39. The Morgan fingerprint density at radius 2 is 1.49 bits per heavy atom. The van der Waals surface area contributed by atoms with Crippen LogP contribution in [0.2, 0.25) is 0 Å². The van der Waals surface area contributed by atoms with Crippen LogP contribution in [0.1, 0.15) is 38.1 Å². The number of aliphatic hydroxyl groups excluding tert-OH is 3. The van der Waals surface area contributed by atoms with Crippen molar-refractivity contribution in [2.75, 3.05) is 14.2 Å². The van der Waals surface area contributed by atoms with E-state index < -0.39 is 54.9 Å². The van der Waals surface area contributed by atoms with E-state index in [4.69, 9.17) is 33.2 Å². The normalized spacial score (nSPS) is 37.2. The predicted molar refractivity (Wildman–Crippen MR) is 120 cm³/mol. The van der Waals surface area contributed by atoms with Crippen molar-refractivity contribution in [1.82, 2.24) is 0 Å². The lowest BCUT2D eigenvalue weighted by Crippen LogP contribution is -2.39. The summed E-state index contributed by atoms with van der Waals surface area (Å²) < 4.78 is 37.5. The second-order valence-electron chi connectivity index (χ2n) is 9.17. The summed E-state index contributed by atoms with van der Waals surface area (Å²) in [6.45, 7) is 6.96. The zero-order chi connectivity index (χ0) is 25.9. The fourth-order valence-corrected chi connectivity index (χ4v) is 4.30. The number of benzene rings is 1. The molecule has 0 amide bonds. The van der Waals surface area contributed by atoms with Crippen LogP contribution < -0.4 is 0 Å². The summed E-state index contributed by atoms with van der Waals surface area (Å²) in [4.78, 5) is 11.9. The van der Waals surface area contributed by atoms with Crippen LogP contribution in [0.5, 0.6) is 0 Å². The maximum atomic E-state index is 11.9. The van der Waals surface area contributed by atoms with Gasteiger partial charge in [0.25, 0.3) is 0 Å². The van der Waals surface area contributed by atoms with Gasteiger partial charge in [0.05, 0.1) is 11.7 Å². The van der Waals surface area contributed by atoms with E-state index in [0.29, 0.717) is 5.56 Å². The monoisotopic (exact) mass is 500 g/mol. The van der Waals surface area contributed by atoms with Crippen LogP contribution in [0.15, 0.2) is 30.3 Å². The molecule has 3 fully saturated rings. The molecule has 0 spiro atoms. The molecule has 4 unspecified atom stereocenters. The number of carbonyl (C=O) groups excluding carboxylic acids is 1. The average molecular weight is 501 g/mol. The van der Waals surface area contributed by atoms with Crippen LogP contribution in [0, 0.1) is 0 Å². The average Bonchev–Trinajstić information content (AvgIpc) is 3.42. The van der Waals surface area contributed by atoms with Gasteiger partial charge in [-0.3, -0.25) is 0 Å². The van der Waals surface area contributed by atoms with E-state index in [-0.39, 0.29) is 18.3 Å². The number of aliphatic hydroxyl groups is 3. The van der Waals surface area contributed by atoms with Crippen molar-refractivity contribution in [1.29, 1.82) is 0 Å². The molecule has 0 saturated carbocycles. The molecule has 10 atom stereocenters. The fraction of sp³-hybridized carbons (Fsp3) is 0.708. The van der Waals surface area contributed by atoms with Crippen LogP contribution in [-0.2, 0) is 33.2 Å². The van der Waals surface area contributed by atoms with E-state index in [9.17, 15) is 20.1 Å². The highest BCUT2D eigenvalue weighted by molar-refractivity contribution is 5.89. The highest BCUT2D eigenvalue weighted by atomic mass is 16.8. The molecule has 3 heterocycles. The number of hydrogen-bond donors (Lipinski definition) is 3. The minimum Gasteiger partial charge on any atom is -0.456 e. The van der Waals surface area contributed by atoms with Gasteiger partial charge in [0.2, 0.25) is 0 Å². The molecule has 3 aliphatic heterocycles. The Bertz CT molecular complexity index is 817. The second kappa shape index (κ2) is 11.6. The van der Waals surface area contributed by atoms with Crippen molar-refractivity contribution in [2.24, 2.45) is 0 Å². The summed E-state index contributed by atoms with van der Waals surface area (Å²) in [5, 5.41) is 29.1. The van der Waals surface area contributed by atoms with E-state index in [2.05, 4.69) is 0 Å². The number of methoxy groups -OCH3 is 2. The first kappa shape index (κ1) is 27.9.